The molecule has 1 saturated heterocycles. The van der Waals surface area contributed by atoms with E-state index in [1.165, 1.54) is 5.56 Å². The molecule has 0 aliphatic carbocycles. The number of fused-ring (bicyclic) bond motifs is 1. The van der Waals surface area contributed by atoms with Gasteiger partial charge in [-0.05, 0) is 43.0 Å². The topological polar surface area (TPSA) is 67.4 Å². The molecule has 110 valence electrons. The van der Waals surface area contributed by atoms with Crippen molar-refractivity contribution < 1.29 is 13.2 Å². The van der Waals surface area contributed by atoms with Gasteiger partial charge in [0.15, 0.2) is 0 Å². The lowest BCUT2D eigenvalue weighted by Crippen LogP contribution is -2.34. The molecule has 0 radical (unpaired) electrons. The van der Waals surface area contributed by atoms with Crippen molar-refractivity contribution >= 4 is 15.7 Å². The van der Waals surface area contributed by atoms with Crippen LogP contribution in [0.4, 0.5) is 5.69 Å². The lowest BCUT2D eigenvalue weighted by molar-refractivity contribution is 0.0984. The van der Waals surface area contributed by atoms with Gasteiger partial charge in [0, 0.05) is 19.8 Å². The van der Waals surface area contributed by atoms with Crippen LogP contribution in [-0.2, 0) is 27.7 Å². The van der Waals surface area contributed by atoms with Gasteiger partial charge in [-0.1, -0.05) is 12.1 Å². The molecule has 0 bridgehead atoms. The van der Waals surface area contributed by atoms with Crippen molar-refractivity contribution in [3.63, 3.8) is 0 Å². The van der Waals surface area contributed by atoms with Crippen molar-refractivity contribution in [3.05, 3.63) is 29.3 Å². The molecular formula is C14H20N2O3S. The third kappa shape index (κ3) is 2.82. The molecule has 20 heavy (non-hydrogen) atoms. The van der Waals surface area contributed by atoms with Gasteiger partial charge in [0.05, 0.1) is 10.9 Å². The first kappa shape index (κ1) is 13.9. The molecule has 1 fully saturated rings. The first-order chi connectivity index (χ1) is 9.67. The molecular weight excluding hydrogens is 276 g/mol. The third-order valence-electron chi connectivity index (χ3n) is 4.00. The van der Waals surface area contributed by atoms with Crippen molar-refractivity contribution in [2.45, 2.75) is 31.1 Å². The highest BCUT2D eigenvalue weighted by Crippen LogP contribution is 2.26. The van der Waals surface area contributed by atoms with Crippen LogP contribution in [-0.4, -0.2) is 33.4 Å². The fraction of sp³-hybridized carbons (Fsp3) is 0.571. The predicted octanol–water partition coefficient (Wildman–Crippen LogP) is 1.25. The minimum atomic E-state index is -3.32. The first-order valence-corrected chi connectivity index (χ1v) is 8.62. The van der Waals surface area contributed by atoms with Crippen molar-refractivity contribution in [2.24, 2.45) is 0 Å². The minimum Gasteiger partial charge on any atom is -0.381 e. The van der Waals surface area contributed by atoms with Gasteiger partial charge in [-0.15, -0.1) is 0 Å². The Kier molecular flexibility index (Phi) is 3.96. The van der Waals surface area contributed by atoms with Gasteiger partial charge in [0.2, 0.25) is 10.0 Å². The first-order valence-electron chi connectivity index (χ1n) is 7.08. The van der Waals surface area contributed by atoms with E-state index in [-0.39, 0.29) is 5.25 Å². The molecule has 1 aromatic rings. The Bertz CT molecular complexity index is 580. The molecule has 2 N–H and O–H groups in total. The van der Waals surface area contributed by atoms with E-state index in [9.17, 15) is 8.42 Å². The van der Waals surface area contributed by atoms with Gasteiger partial charge in [0.25, 0.3) is 0 Å². The summed E-state index contributed by atoms with van der Waals surface area (Å²) in [5, 5.41) is 2.96. The highest BCUT2D eigenvalue weighted by atomic mass is 32.2. The molecule has 0 aromatic heterocycles. The van der Waals surface area contributed by atoms with E-state index in [0.29, 0.717) is 26.1 Å². The zero-order chi connectivity index (χ0) is 14.0. The highest BCUT2D eigenvalue weighted by molar-refractivity contribution is 7.93. The van der Waals surface area contributed by atoms with Gasteiger partial charge in [-0.3, -0.25) is 4.72 Å². The van der Waals surface area contributed by atoms with Crippen molar-refractivity contribution in [3.8, 4) is 0 Å². The summed E-state index contributed by atoms with van der Waals surface area (Å²) in [5.74, 6) is 0. The van der Waals surface area contributed by atoms with Crippen LogP contribution in [0.3, 0.4) is 0 Å². The van der Waals surface area contributed by atoms with Gasteiger partial charge in [0.1, 0.15) is 0 Å². The van der Waals surface area contributed by atoms with Crippen LogP contribution in [0.15, 0.2) is 18.2 Å². The molecule has 1 aromatic carbocycles. The predicted molar refractivity (Wildman–Crippen MR) is 78.2 cm³/mol. The third-order valence-corrected chi connectivity index (χ3v) is 5.85. The lowest BCUT2D eigenvalue weighted by atomic mass is 9.99. The molecule has 2 heterocycles. The maximum absolute atomic E-state index is 12.5. The zero-order valence-electron chi connectivity index (χ0n) is 11.4. The second kappa shape index (κ2) is 5.71. The second-order valence-corrected chi connectivity index (χ2v) is 7.29. The minimum absolute atomic E-state index is 0.339. The molecule has 2 aliphatic rings. The summed E-state index contributed by atoms with van der Waals surface area (Å²) in [4.78, 5) is 0. The van der Waals surface area contributed by atoms with Crippen molar-refractivity contribution in [1.82, 2.24) is 5.32 Å². The quantitative estimate of drug-likeness (QED) is 0.881. The standard InChI is InChI=1S/C14H20N2O3S/c17-20(18,12-5-8-19-9-6-12)16-14-3-1-2-11-10-15-7-4-13(11)14/h1-3,12,15-16H,4-10H2. The molecule has 5 nitrogen and oxygen atoms in total. The Morgan fingerprint density at radius 3 is 2.85 bits per heavy atom. The molecule has 0 unspecified atom stereocenters. The van der Waals surface area contributed by atoms with Crippen LogP contribution >= 0.6 is 0 Å². The van der Waals surface area contributed by atoms with Gasteiger partial charge in [-0.25, -0.2) is 8.42 Å². The Balaban J connectivity index is 1.83. The Morgan fingerprint density at radius 1 is 1.25 bits per heavy atom. The van der Waals surface area contributed by atoms with Gasteiger partial charge in [-0.2, -0.15) is 0 Å². The highest BCUT2D eigenvalue weighted by Gasteiger charge is 2.28. The summed E-state index contributed by atoms with van der Waals surface area (Å²) in [6.45, 7) is 2.76. The van der Waals surface area contributed by atoms with E-state index in [0.717, 1.165) is 30.8 Å². The van der Waals surface area contributed by atoms with Crippen LogP contribution < -0.4 is 10.0 Å². The van der Waals surface area contributed by atoms with Crippen molar-refractivity contribution in [1.29, 1.82) is 0 Å². The number of ether oxygens (including phenoxy) is 1. The van der Waals surface area contributed by atoms with Crippen LogP contribution in [0.1, 0.15) is 24.0 Å². The van der Waals surface area contributed by atoms with Crippen LogP contribution in [0.5, 0.6) is 0 Å². The van der Waals surface area contributed by atoms with Crippen LogP contribution in [0, 0.1) is 0 Å². The van der Waals surface area contributed by atoms with E-state index < -0.39 is 10.0 Å². The SMILES string of the molecule is O=S(=O)(Nc1cccc2c1CCNC2)C1CCOCC1. The van der Waals surface area contributed by atoms with Crippen LogP contribution in [0.25, 0.3) is 0 Å². The van der Waals surface area contributed by atoms with E-state index in [4.69, 9.17) is 4.74 Å². The summed E-state index contributed by atoms with van der Waals surface area (Å²) >= 11 is 0. The summed E-state index contributed by atoms with van der Waals surface area (Å²) in [7, 11) is -3.32. The summed E-state index contributed by atoms with van der Waals surface area (Å²) in [6, 6.07) is 5.82. The van der Waals surface area contributed by atoms with Gasteiger partial charge < -0.3 is 10.1 Å². The molecule has 3 rings (SSSR count). The van der Waals surface area contributed by atoms with E-state index in [2.05, 4.69) is 10.0 Å². The number of nitrogens with one attached hydrogen (secondary N) is 2. The average Bonchev–Trinajstić information content (AvgIpc) is 2.48. The monoisotopic (exact) mass is 296 g/mol. The smallest absolute Gasteiger partial charge is 0.235 e. The largest absolute Gasteiger partial charge is 0.381 e. The second-order valence-electron chi connectivity index (χ2n) is 5.33. The summed E-state index contributed by atoms with van der Waals surface area (Å²) in [6.07, 6.45) is 2.01. The molecule has 0 atom stereocenters. The summed E-state index contributed by atoms with van der Waals surface area (Å²) in [5.41, 5.74) is 3.06. The fourth-order valence-electron chi connectivity index (χ4n) is 2.85. The summed E-state index contributed by atoms with van der Waals surface area (Å²) < 4.78 is 33.0. The molecule has 2 aliphatic heterocycles. The molecule has 0 saturated carbocycles. The zero-order valence-corrected chi connectivity index (χ0v) is 12.2. The lowest BCUT2D eigenvalue weighted by Gasteiger charge is -2.25. The Morgan fingerprint density at radius 2 is 2.05 bits per heavy atom. The number of hydrogen-bond acceptors (Lipinski definition) is 4. The maximum atomic E-state index is 12.5. The average molecular weight is 296 g/mol. The maximum Gasteiger partial charge on any atom is 0.235 e. The molecule has 0 spiro atoms. The van der Waals surface area contributed by atoms with E-state index in [1.807, 2.05) is 18.2 Å². The number of rotatable bonds is 3. The molecule has 6 heteroatoms. The van der Waals surface area contributed by atoms with Crippen molar-refractivity contribution in [2.75, 3.05) is 24.5 Å². The number of sulfonamides is 1. The normalized spacial score (nSPS) is 20.4. The van der Waals surface area contributed by atoms with E-state index in [1.54, 1.807) is 0 Å². The fourth-order valence-corrected chi connectivity index (χ4v) is 4.33. The number of benzene rings is 1. The number of anilines is 1. The van der Waals surface area contributed by atoms with Crippen LogP contribution in [0.2, 0.25) is 0 Å². The Hall–Kier alpha value is -1.11. The number of hydrogen-bond donors (Lipinski definition) is 2. The van der Waals surface area contributed by atoms with Gasteiger partial charge >= 0.3 is 0 Å². The Labute approximate surface area is 119 Å². The van der Waals surface area contributed by atoms with E-state index >= 15 is 0 Å². The molecule has 0 amide bonds.